The Kier molecular flexibility index (Phi) is 6.13. The van der Waals surface area contributed by atoms with E-state index in [1.807, 2.05) is 36.9 Å². The fourth-order valence-electron chi connectivity index (χ4n) is 3.35. The number of piperazine rings is 1. The number of hydrogen-bond donors (Lipinski definition) is 0. The van der Waals surface area contributed by atoms with E-state index < -0.39 is 0 Å². The molecule has 28 heavy (non-hydrogen) atoms. The molecule has 7 nitrogen and oxygen atoms in total. The summed E-state index contributed by atoms with van der Waals surface area (Å²) >= 11 is 0. The van der Waals surface area contributed by atoms with Gasteiger partial charge in [-0.1, -0.05) is 24.3 Å². The van der Waals surface area contributed by atoms with Crippen molar-refractivity contribution in [2.45, 2.75) is 20.3 Å². The lowest BCUT2D eigenvalue weighted by Gasteiger charge is -2.35. The van der Waals surface area contributed by atoms with E-state index in [1.54, 1.807) is 23.1 Å². The summed E-state index contributed by atoms with van der Waals surface area (Å²) in [5.41, 5.74) is 2.89. The van der Waals surface area contributed by atoms with Crippen LogP contribution in [0.5, 0.6) is 5.75 Å². The first kappa shape index (κ1) is 19.7. The Morgan fingerprint density at radius 2 is 1.82 bits per heavy atom. The van der Waals surface area contributed by atoms with Gasteiger partial charge in [-0.05, 0) is 37.1 Å². The number of nitro benzene ring substituents is 1. The second-order valence-electron chi connectivity index (χ2n) is 6.98. The molecule has 1 fully saturated rings. The minimum atomic E-state index is -0.364. The average molecular weight is 383 g/mol. The van der Waals surface area contributed by atoms with Crippen molar-refractivity contribution < 1.29 is 14.5 Å². The van der Waals surface area contributed by atoms with Gasteiger partial charge >= 0.3 is 0 Å². The molecule has 0 unspecified atom stereocenters. The summed E-state index contributed by atoms with van der Waals surface area (Å²) in [5.74, 6) is 0.863. The number of para-hydroxylation sites is 2. The average Bonchev–Trinajstić information content (AvgIpc) is 2.70. The summed E-state index contributed by atoms with van der Waals surface area (Å²) in [5, 5.41) is 11.2. The highest BCUT2D eigenvalue weighted by Crippen LogP contribution is 2.28. The summed E-state index contributed by atoms with van der Waals surface area (Å²) in [6, 6.07) is 12.7. The smallest absolute Gasteiger partial charge is 0.292 e. The van der Waals surface area contributed by atoms with E-state index in [0.29, 0.717) is 44.9 Å². The minimum Gasteiger partial charge on any atom is -0.493 e. The predicted octanol–water partition coefficient (Wildman–Crippen LogP) is 3.33. The molecule has 0 saturated carbocycles. The van der Waals surface area contributed by atoms with Crippen molar-refractivity contribution in [2.24, 2.45) is 0 Å². The molecule has 7 heteroatoms. The topological polar surface area (TPSA) is 75.9 Å². The maximum Gasteiger partial charge on any atom is 0.292 e. The maximum absolute atomic E-state index is 12.5. The molecular formula is C21H25N3O4. The molecule has 0 radical (unpaired) electrons. The number of aryl methyl sites for hydroxylation is 2. The molecule has 0 aromatic heterocycles. The first-order chi connectivity index (χ1) is 13.5. The van der Waals surface area contributed by atoms with E-state index in [2.05, 4.69) is 0 Å². The van der Waals surface area contributed by atoms with E-state index in [9.17, 15) is 14.9 Å². The van der Waals surface area contributed by atoms with Crippen LogP contribution >= 0.6 is 0 Å². The zero-order chi connectivity index (χ0) is 20.1. The first-order valence-corrected chi connectivity index (χ1v) is 9.42. The van der Waals surface area contributed by atoms with Crippen LogP contribution in [-0.4, -0.2) is 48.5 Å². The fraction of sp³-hybridized carbons (Fsp3) is 0.381. The summed E-state index contributed by atoms with van der Waals surface area (Å²) in [7, 11) is 0. The van der Waals surface area contributed by atoms with Gasteiger partial charge in [0.25, 0.3) is 5.69 Å². The molecular weight excluding hydrogens is 358 g/mol. The molecule has 1 aliphatic heterocycles. The third kappa shape index (κ3) is 4.60. The SMILES string of the molecule is Cc1ccc(C)c(OCCC(=O)N2CCN(c3ccccc3[N+](=O)[O-])CC2)c1. The van der Waals surface area contributed by atoms with Gasteiger partial charge in [-0.25, -0.2) is 0 Å². The van der Waals surface area contributed by atoms with Crippen LogP contribution in [0.15, 0.2) is 42.5 Å². The van der Waals surface area contributed by atoms with Crippen molar-refractivity contribution in [1.29, 1.82) is 0 Å². The number of nitrogens with zero attached hydrogens (tertiary/aromatic N) is 3. The molecule has 1 heterocycles. The Bertz CT molecular complexity index is 860. The van der Waals surface area contributed by atoms with Crippen LogP contribution in [0.1, 0.15) is 17.5 Å². The second-order valence-corrected chi connectivity index (χ2v) is 6.98. The quantitative estimate of drug-likeness (QED) is 0.565. The Hall–Kier alpha value is -3.09. The van der Waals surface area contributed by atoms with Gasteiger partial charge in [-0.2, -0.15) is 0 Å². The van der Waals surface area contributed by atoms with Gasteiger partial charge in [0.05, 0.1) is 18.0 Å². The number of nitro groups is 1. The van der Waals surface area contributed by atoms with Crippen molar-refractivity contribution in [3.8, 4) is 5.75 Å². The van der Waals surface area contributed by atoms with Crippen molar-refractivity contribution in [3.63, 3.8) is 0 Å². The lowest BCUT2D eigenvalue weighted by atomic mass is 10.1. The van der Waals surface area contributed by atoms with Crippen LogP contribution in [-0.2, 0) is 4.79 Å². The number of amides is 1. The molecule has 3 rings (SSSR count). The maximum atomic E-state index is 12.5. The lowest BCUT2D eigenvalue weighted by Crippen LogP contribution is -2.49. The predicted molar refractivity (Wildman–Crippen MR) is 108 cm³/mol. The van der Waals surface area contributed by atoms with Gasteiger partial charge in [0.2, 0.25) is 5.91 Å². The molecule has 2 aromatic carbocycles. The summed E-state index contributed by atoms with van der Waals surface area (Å²) in [6.45, 7) is 6.59. The molecule has 2 aromatic rings. The normalized spacial score (nSPS) is 14.1. The van der Waals surface area contributed by atoms with Gasteiger partial charge < -0.3 is 14.5 Å². The van der Waals surface area contributed by atoms with Gasteiger partial charge in [0.15, 0.2) is 0 Å². The number of anilines is 1. The number of benzene rings is 2. The Morgan fingerprint density at radius 3 is 2.54 bits per heavy atom. The molecule has 0 N–H and O–H groups in total. The highest BCUT2D eigenvalue weighted by Gasteiger charge is 2.25. The van der Waals surface area contributed by atoms with Crippen LogP contribution in [0.4, 0.5) is 11.4 Å². The number of ether oxygens (including phenoxy) is 1. The van der Waals surface area contributed by atoms with Crippen LogP contribution in [0.3, 0.4) is 0 Å². The summed E-state index contributed by atoms with van der Waals surface area (Å²) in [4.78, 5) is 27.1. The van der Waals surface area contributed by atoms with Crippen molar-refractivity contribution in [3.05, 3.63) is 63.7 Å². The molecule has 1 amide bonds. The first-order valence-electron chi connectivity index (χ1n) is 9.42. The Labute approximate surface area is 164 Å². The van der Waals surface area contributed by atoms with E-state index in [4.69, 9.17) is 4.74 Å². The Balaban J connectivity index is 1.50. The van der Waals surface area contributed by atoms with E-state index in [-0.39, 0.29) is 16.5 Å². The van der Waals surface area contributed by atoms with E-state index in [1.165, 1.54) is 6.07 Å². The zero-order valence-corrected chi connectivity index (χ0v) is 16.3. The fourth-order valence-corrected chi connectivity index (χ4v) is 3.35. The van der Waals surface area contributed by atoms with E-state index in [0.717, 1.165) is 16.9 Å². The second kappa shape index (κ2) is 8.73. The number of carbonyl (C=O) groups excluding carboxylic acids is 1. The largest absolute Gasteiger partial charge is 0.493 e. The molecule has 0 aliphatic carbocycles. The third-order valence-corrected chi connectivity index (χ3v) is 4.97. The Morgan fingerprint density at radius 1 is 1.11 bits per heavy atom. The standard InChI is InChI=1S/C21H25N3O4/c1-16-7-8-17(2)20(15-16)28-14-9-21(25)23-12-10-22(11-13-23)18-5-3-4-6-19(18)24(26)27/h3-8,15H,9-14H2,1-2H3. The van der Waals surface area contributed by atoms with Crippen molar-refractivity contribution >= 4 is 17.3 Å². The lowest BCUT2D eigenvalue weighted by molar-refractivity contribution is -0.384. The highest BCUT2D eigenvalue weighted by atomic mass is 16.6. The van der Waals surface area contributed by atoms with Gasteiger partial charge in [0.1, 0.15) is 11.4 Å². The third-order valence-electron chi connectivity index (χ3n) is 4.97. The van der Waals surface area contributed by atoms with E-state index >= 15 is 0 Å². The number of rotatable bonds is 6. The monoisotopic (exact) mass is 383 g/mol. The number of carbonyl (C=O) groups is 1. The summed E-state index contributed by atoms with van der Waals surface area (Å²) < 4.78 is 5.78. The van der Waals surface area contributed by atoms with Crippen LogP contribution in [0.25, 0.3) is 0 Å². The molecule has 148 valence electrons. The summed E-state index contributed by atoms with van der Waals surface area (Å²) in [6.07, 6.45) is 0.318. The van der Waals surface area contributed by atoms with Crippen molar-refractivity contribution in [2.75, 3.05) is 37.7 Å². The molecule has 0 bridgehead atoms. The van der Waals surface area contributed by atoms with Gasteiger partial charge in [0, 0.05) is 32.2 Å². The number of hydrogen-bond acceptors (Lipinski definition) is 5. The molecule has 0 spiro atoms. The van der Waals surface area contributed by atoms with Gasteiger partial charge in [-0.3, -0.25) is 14.9 Å². The van der Waals surface area contributed by atoms with Crippen LogP contribution < -0.4 is 9.64 Å². The molecule has 1 saturated heterocycles. The van der Waals surface area contributed by atoms with Crippen LogP contribution in [0.2, 0.25) is 0 Å². The van der Waals surface area contributed by atoms with Crippen molar-refractivity contribution in [1.82, 2.24) is 4.90 Å². The highest BCUT2D eigenvalue weighted by molar-refractivity contribution is 5.77. The van der Waals surface area contributed by atoms with Gasteiger partial charge in [-0.15, -0.1) is 0 Å². The molecule has 1 aliphatic rings. The zero-order valence-electron chi connectivity index (χ0n) is 16.3. The van der Waals surface area contributed by atoms with Crippen LogP contribution in [0, 0.1) is 24.0 Å². The molecule has 0 atom stereocenters. The minimum absolute atomic E-state index is 0.0486.